The van der Waals surface area contributed by atoms with Crippen LogP contribution in [0.1, 0.15) is 16.2 Å². The monoisotopic (exact) mass is 278 g/mol. The highest BCUT2D eigenvalue weighted by Crippen LogP contribution is 2.02. The predicted molar refractivity (Wildman–Crippen MR) is 64.8 cm³/mol. The maximum Gasteiger partial charge on any atom is 0.251 e. The number of amides is 2. The Morgan fingerprint density at radius 3 is 2.85 bits per heavy atom. The third kappa shape index (κ3) is 3.83. The number of halogens is 1. The lowest BCUT2D eigenvalue weighted by Gasteiger charge is -2.05. The smallest absolute Gasteiger partial charge is 0.251 e. The molecule has 0 aliphatic rings. The van der Waals surface area contributed by atoms with Gasteiger partial charge in [-0.15, -0.1) is 10.2 Å². The minimum Gasteiger partial charge on any atom is -0.347 e. The van der Waals surface area contributed by atoms with Crippen LogP contribution in [-0.2, 0) is 11.3 Å². The van der Waals surface area contributed by atoms with Gasteiger partial charge in [-0.05, 0) is 18.2 Å². The Morgan fingerprint density at radius 1 is 1.30 bits per heavy atom. The molecule has 1 heterocycles. The van der Waals surface area contributed by atoms with Crippen molar-refractivity contribution in [1.82, 2.24) is 31.3 Å². The minimum atomic E-state index is -0.529. The zero-order valence-electron chi connectivity index (χ0n) is 10.3. The molecular formula is C11H11FN6O2. The van der Waals surface area contributed by atoms with Gasteiger partial charge >= 0.3 is 0 Å². The van der Waals surface area contributed by atoms with Gasteiger partial charge in [-0.2, -0.15) is 5.21 Å². The fourth-order valence-electron chi connectivity index (χ4n) is 1.39. The van der Waals surface area contributed by atoms with E-state index in [1.807, 2.05) is 0 Å². The Balaban J connectivity index is 1.77. The van der Waals surface area contributed by atoms with Crippen molar-refractivity contribution < 1.29 is 14.0 Å². The SMILES string of the molecule is O=C(CNC(=O)c1cccc(F)c1)NCc1nn[nH]n1. The van der Waals surface area contributed by atoms with Crippen LogP contribution in [0.4, 0.5) is 4.39 Å². The summed E-state index contributed by atoms with van der Waals surface area (Å²) in [6, 6.07) is 5.19. The molecule has 2 rings (SSSR count). The van der Waals surface area contributed by atoms with E-state index in [-0.39, 0.29) is 18.7 Å². The lowest BCUT2D eigenvalue weighted by atomic mass is 10.2. The average molecular weight is 278 g/mol. The Labute approximate surface area is 112 Å². The van der Waals surface area contributed by atoms with Gasteiger partial charge < -0.3 is 10.6 Å². The van der Waals surface area contributed by atoms with Gasteiger partial charge in [-0.25, -0.2) is 4.39 Å². The normalized spacial score (nSPS) is 10.1. The molecule has 0 saturated carbocycles. The maximum atomic E-state index is 12.9. The minimum absolute atomic E-state index is 0.102. The van der Waals surface area contributed by atoms with Crippen LogP contribution in [0, 0.1) is 5.82 Å². The molecule has 0 fully saturated rings. The van der Waals surface area contributed by atoms with Crippen LogP contribution in [-0.4, -0.2) is 39.0 Å². The van der Waals surface area contributed by atoms with Crippen molar-refractivity contribution in [2.24, 2.45) is 0 Å². The third-order valence-electron chi connectivity index (χ3n) is 2.33. The van der Waals surface area contributed by atoms with Crippen LogP contribution >= 0.6 is 0 Å². The standard InChI is InChI=1S/C11H11FN6O2/c12-8-3-1-2-7(4-8)11(20)14-6-10(19)13-5-9-15-17-18-16-9/h1-4H,5-6H2,(H,13,19)(H,14,20)(H,15,16,17,18). The second-order valence-corrected chi connectivity index (χ2v) is 3.80. The van der Waals surface area contributed by atoms with Crippen LogP contribution in [0.3, 0.4) is 0 Å². The molecule has 0 bridgehead atoms. The molecule has 0 radical (unpaired) electrons. The molecule has 0 aliphatic carbocycles. The number of nitrogens with one attached hydrogen (secondary N) is 3. The molecule has 3 N–H and O–H groups in total. The van der Waals surface area contributed by atoms with Gasteiger partial charge in [0.2, 0.25) is 5.91 Å². The van der Waals surface area contributed by atoms with E-state index in [1.165, 1.54) is 18.2 Å². The molecule has 0 unspecified atom stereocenters. The van der Waals surface area contributed by atoms with Gasteiger partial charge in [-0.3, -0.25) is 9.59 Å². The number of hydrogen-bond donors (Lipinski definition) is 3. The van der Waals surface area contributed by atoms with Crippen molar-refractivity contribution in [1.29, 1.82) is 0 Å². The molecule has 1 aromatic heterocycles. The van der Waals surface area contributed by atoms with E-state index >= 15 is 0 Å². The zero-order valence-corrected chi connectivity index (χ0v) is 10.3. The van der Waals surface area contributed by atoms with E-state index in [2.05, 4.69) is 31.3 Å². The van der Waals surface area contributed by atoms with E-state index in [0.29, 0.717) is 5.82 Å². The number of carbonyl (C=O) groups excluding carboxylic acids is 2. The van der Waals surface area contributed by atoms with Gasteiger partial charge in [0.15, 0.2) is 5.82 Å². The van der Waals surface area contributed by atoms with Gasteiger partial charge in [0, 0.05) is 5.56 Å². The number of carbonyl (C=O) groups is 2. The Kier molecular flexibility index (Phi) is 4.32. The first-order valence-electron chi connectivity index (χ1n) is 5.68. The number of tetrazole rings is 1. The van der Waals surface area contributed by atoms with Crippen LogP contribution < -0.4 is 10.6 Å². The van der Waals surface area contributed by atoms with Crippen molar-refractivity contribution in [3.63, 3.8) is 0 Å². The maximum absolute atomic E-state index is 12.9. The molecule has 8 nitrogen and oxygen atoms in total. The summed E-state index contributed by atoms with van der Waals surface area (Å²) in [6.07, 6.45) is 0. The molecular weight excluding hydrogens is 267 g/mol. The zero-order chi connectivity index (χ0) is 14.4. The molecule has 0 atom stereocenters. The number of nitrogens with zero attached hydrogens (tertiary/aromatic N) is 3. The highest BCUT2D eigenvalue weighted by atomic mass is 19.1. The summed E-state index contributed by atoms with van der Waals surface area (Å²) in [5, 5.41) is 17.7. The molecule has 1 aromatic carbocycles. The average Bonchev–Trinajstić information content (AvgIpc) is 2.95. The first-order chi connectivity index (χ1) is 9.65. The topological polar surface area (TPSA) is 113 Å². The number of hydrogen-bond acceptors (Lipinski definition) is 5. The van der Waals surface area contributed by atoms with Crippen LogP contribution in [0.15, 0.2) is 24.3 Å². The molecule has 9 heteroatoms. The Morgan fingerprint density at radius 2 is 2.15 bits per heavy atom. The van der Waals surface area contributed by atoms with E-state index < -0.39 is 17.6 Å². The first kappa shape index (κ1) is 13.6. The van der Waals surface area contributed by atoms with Gasteiger partial charge in [0.25, 0.3) is 5.91 Å². The fraction of sp³-hybridized carbons (Fsp3) is 0.182. The number of aromatic nitrogens is 4. The molecule has 0 aliphatic heterocycles. The first-order valence-corrected chi connectivity index (χ1v) is 5.68. The Hall–Kier alpha value is -2.84. The second kappa shape index (κ2) is 6.36. The lowest BCUT2D eigenvalue weighted by Crippen LogP contribution is -2.36. The summed E-state index contributed by atoms with van der Waals surface area (Å²) in [7, 11) is 0. The largest absolute Gasteiger partial charge is 0.347 e. The molecule has 104 valence electrons. The third-order valence-corrected chi connectivity index (χ3v) is 2.33. The van der Waals surface area contributed by atoms with Gasteiger partial charge in [-0.1, -0.05) is 11.3 Å². The molecule has 2 aromatic rings. The summed E-state index contributed by atoms with van der Waals surface area (Å²) >= 11 is 0. The molecule has 2 amide bonds. The number of aromatic amines is 1. The van der Waals surface area contributed by atoms with Crippen molar-refractivity contribution in [2.75, 3.05) is 6.54 Å². The summed E-state index contributed by atoms with van der Waals surface area (Å²) in [4.78, 5) is 23.1. The van der Waals surface area contributed by atoms with Crippen molar-refractivity contribution in [3.05, 3.63) is 41.5 Å². The quantitative estimate of drug-likeness (QED) is 0.675. The van der Waals surface area contributed by atoms with Crippen molar-refractivity contribution in [2.45, 2.75) is 6.54 Å². The van der Waals surface area contributed by atoms with E-state index in [0.717, 1.165) is 6.07 Å². The summed E-state index contributed by atoms with van der Waals surface area (Å²) < 4.78 is 12.9. The summed E-state index contributed by atoms with van der Waals surface area (Å²) in [6.45, 7) is -0.127. The van der Waals surface area contributed by atoms with E-state index in [4.69, 9.17) is 0 Å². The van der Waals surface area contributed by atoms with Crippen LogP contribution in [0.25, 0.3) is 0 Å². The van der Waals surface area contributed by atoms with Gasteiger partial charge in [0.1, 0.15) is 5.82 Å². The number of benzene rings is 1. The molecule has 20 heavy (non-hydrogen) atoms. The lowest BCUT2D eigenvalue weighted by molar-refractivity contribution is -0.120. The second-order valence-electron chi connectivity index (χ2n) is 3.80. The van der Waals surface area contributed by atoms with Crippen LogP contribution in [0.5, 0.6) is 0 Å². The van der Waals surface area contributed by atoms with E-state index in [9.17, 15) is 14.0 Å². The highest BCUT2D eigenvalue weighted by molar-refractivity contribution is 5.96. The van der Waals surface area contributed by atoms with Crippen molar-refractivity contribution >= 4 is 11.8 Å². The van der Waals surface area contributed by atoms with E-state index in [1.54, 1.807) is 0 Å². The summed E-state index contributed by atoms with van der Waals surface area (Å²) in [5.74, 6) is -1.13. The number of H-pyrrole nitrogens is 1. The van der Waals surface area contributed by atoms with Crippen LogP contribution in [0.2, 0.25) is 0 Å². The van der Waals surface area contributed by atoms with Gasteiger partial charge in [0.05, 0.1) is 13.1 Å². The summed E-state index contributed by atoms with van der Waals surface area (Å²) in [5.41, 5.74) is 0.149. The fourth-order valence-corrected chi connectivity index (χ4v) is 1.39. The number of rotatable bonds is 5. The highest BCUT2D eigenvalue weighted by Gasteiger charge is 2.09. The van der Waals surface area contributed by atoms with Crippen molar-refractivity contribution in [3.8, 4) is 0 Å². The molecule has 0 saturated heterocycles. The Bertz CT molecular complexity index is 601. The molecule has 0 spiro atoms. The predicted octanol–water partition coefficient (Wildman–Crippen LogP) is -0.615.